The number of primary sulfonamides is 1. The van der Waals surface area contributed by atoms with Gasteiger partial charge in [-0.25, -0.2) is 40.4 Å². The summed E-state index contributed by atoms with van der Waals surface area (Å²) >= 11 is 0. The van der Waals surface area contributed by atoms with Crippen molar-refractivity contribution in [2.45, 2.75) is 115 Å². The Hall–Kier alpha value is -11.7. The Balaban J connectivity index is 0.000000199. The van der Waals surface area contributed by atoms with Crippen molar-refractivity contribution in [1.29, 1.82) is 0 Å². The number of carbonyl (C=O) groups excluding carboxylic acids is 3. The first-order valence-electron chi connectivity index (χ1n) is 35.5. The molecule has 0 aliphatic carbocycles. The molecule has 116 heavy (non-hydrogen) atoms. The highest BCUT2D eigenvalue weighted by molar-refractivity contribution is 7.91. The van der Waals surface area contributed by atoms with Crippen LogP contribution in [0.3, 0.4) is 0 Å². The number of halogens is 9. The second-order valence-electron chi connectivity index (χ2n) is 29.4. The third-order valence-electron chi connectivity index (χ3n) is 17.2. The zero-order valence-corrected chi connectivity index (χ0v) is 66.5. The molecule has 0 bridgehead atoms. The lowest BCUT2D eigenvalue weighted by Crippen LogP contribution is -2.21. The maximum absolute atomic E-state index is 13.4. The average molecular weight is 1660 g/mol. The van der Waals surface area contributed by atoms with Crippen molar-refractivity contribution in [3.05, 3.63) is 281 Å². The number of anilines is 5. The molecule has 608 valence electrons. The van der Waals surface area contributed by atoms with Gasteiger partial charge in [0.1, 0.15) is 28.9 Å². The molecule has 0 aliphatic rings. The minimum absolute atomic E-state index is 0.00187. The molecule has 9 aromatic carbocycles. The number of benzene rings is 9. The first kappa shape index (κ1) is 88.2. The molecule has 0 aliphatic heterocycles. The van der Waals surface area contributed by atoms with Crippen molar-refractivity contribution < 1.29 is 93.4 Å². The van der Waals surface area contributed by atoms with E-state index in [1.54, 1.807) is 136 Å². The molecule has 0 spiro atoms. The molecule has 18 nitrogen and oxygen atoms in total. The van der Waals surface area contributed by atoms with E-state index in [1.807, 2.05) is 41.5 Å². The molecule has 0 saturated heterocycles. The van der Waals surface area contributed by atoms with Crippen LogP contribution in [-0.4, -0.2) is 83.2 Å². The van der Waals surface area contributed by atoms with Crippen LogP contribution >= 0.6 is 0 Å². The summed E-state index contributed by atoms with van der Waals surface area (Å²) in [6.45, 7) is 16.1. The third-order valence-corrected chi connectivity index (χ3v) is 23.0. The Bertz CT molecular complexity index is 5800. The number of ether oxygens (including phenoxy) is 3. The number of nitrogen functional groups attached to an aromatic ring is 1. The smallest absolute Gasteiger partial charge is 0.405 e. The number of alkyl halides is 9. The van der Waals surface area contributed by atoms with Gasteiger partial charge in [0.25, 0.3) is 0 Å². The maximum atomic E-state index is 13.4. The SMILES string of the molecule is Cc1cc(CC(=O)c2ccc(-c3ccccc3OC(F)(F)F)c(N)c2)ccc1S(=O)(=O)CC(C)(C)C.Cc1cc(CC(=O)c2ccc(-c3ccccc3OC(F)(F)F)c(Nc3ccccn3)c2)ccc1S(=O)(=O)CC(C)(C)C.Cc1cc(CC(=O)c2ccc(-c3ccccc3OC(F)(F)F)c(Nc3ccccn3)c2)ccc1S(N)(=O)=O. The van der Waals surface area contributed by atoms with Gasteiger partial charge in [-0.3, -0.25) is 14.4 Å². The highest BCUT2D eigenvalue weighted by Crippen LogP contribution is 2.43. The number of nitrogens with zero attached hydrogens (tertiary/aromatic N) is 2. The Kier molecular flexibility index (Phi) is 27.4. The number of pyridine rings is 2. The van der Waals surface area contributed by atoms with Crippen molar-refractivity contribution in [2.24, 2.45) is 16.0 Å². The van der Waals surface area contributed by atoms with Crippen molar-refractivity contribution in [2.75, 3.05) is 27.9 Å². The predicted molar refractivity (Wildman–Crippen MR) is 427 cm³/mol. The summed E-state index contributed by atoms with van der Waals surface area (Å²) in [4.78, 5) is 48.3. The Morgan fingerprint density at radius 1 is 0.371 bits per heavy atom. The standard InChI is InChI=1S/C32H31F3N2O4S.C27H22F3N3O4S.C27H28F3NO4S/c1-21-17-22(12-15-29(21)42(39,40)20-31(2,3)4)18-27(38)23-13-14-24(26(19-23)37-30-11-7-8-16-36-30)25-9-5-6-10-28(25)41-32(33,34)35;1-17-14-18(9-12-25(17)38(31,35)36)15-23(34)19-10-11-20(22(16-19)33-26-8-4-5-13-32-26)21-6-2-3-7-24(21)37-27(28,29)30;1-17-13-18(9-12-25(17)36(33,34)16-26(2,3)4)14-23(32)19-10-11-20(22(31)15-19)21-7-5-6-8-24(21)35-27(28,29)30/h5-17,19H,18,20H2,1-4H3,(H,36,37);2-14,16H,15H2,1H3,(H,32,33)(H2,31,35,36);5-13,15H,14,16,31H2,1-4H3. The van der Waals surface area contributed by atoms with E-state index in [-0.39, 0.29) is 102 Å². The fourth-order valence-electron chi connectivity index (χ4n) is 12.6. The highest BCUT2D eigenvalue weighted by Gasteiger charge is 2.36. The lowest BCUT2D eigenvalue weighted by molar-refractivity contribution is -0.275. The fraction of sp³-hybridized carbons (Fsp3) is 0.221. The quantitative estimate of drug-likeness (QED) is 0.0248. The van der Waals surface area contributed by atoms with Crippen LogP contribution in [-0.2, 0) is 49.0 Å². The van der Waals surface area contributed by atoms with E-state index in [1.165, 1.54) is 115 Å². The van der Waals surface area contributed by atoms with Crippen molar-refractivity contribution in [3.8, 4) is 50.6 Å². The first-order valence-corrected chi connectivity index (χ1v) is 40.4. The molecule has 0 radical (unpaired) electrons. The topological polar surface area (TPSA) is 283 Å². The number of para-hydroxylation sites is 3. The fourth-order valence-corrected chi connectivity index (χ4v) is 17.6. The van der Waals surface area contributed by atoms with E-state index in [0.717, 1.165) is 0 Å². The molecule has 11 aromatic rings. The van der Waals surface area contributed by atoms with Gasteiger partial charge in [0.15, 0.2) is 37.0 Å². The summed E-state index contributed by atoms with van der Waals surface area (Å²) in [5, 5.41) is 11.4. The monoisotopic (exact) mass is 1660 g/mol. The van der Waals surface area contributed by atoms with Gasteiger partial charge in [-0.05, 0) is 144 Å². The summed E-state index contributed by atoms with van der Waals surface area (Å²) in [6.07, 6.45) is -11.6. The summed E-state index contributed by atoms with van der Waals surface area (Å²) in [5.41, 5.74) is 11.9. The number of sulfone groups is 2. The molecule has 0 saturated carbocycles. The molecular formula is C86H81F9N6O12S3. The Morgan fingerprint density at radius 3 is 0.966 bits per heavy atom. The summed E-state index contributed by atoms with van der Waals surface area (Å²) in [6, 6.07) is 55.1. The van der Waals surface area contributed by atoms with Crippen LogP contribution in [0.1, 0.15) is 106 Å². The van der Waals surface area contributed by atoms with Gasteiger partial charge in [-0.2, -0.15) is 0 Å². The largest absolute Gasteiger partial charge is 0.573 e. The number of nitrogens with one attached hydrogen (secondary N) is 2. The molecule has 2 aromatic heterocycles. The van der Waals surface area contributed by atoms with Crippen LogP contribution < -0.4 is 35.7 Å². The number of aromatic nitrogens is 2. The number of carbonyl (C=O) groups is 3. The number of nitrogens with two attached hydrogens (primary N) is 2. The number of Topliss-reactive ketones (excluding diaryl/α,β-unsaturated/α-hetero) is 3. The minimum atomic E-state index is -4.89. The molecule has 0 unspecified atom stereocenters. The van der Waals surface area contributed by atoms with Gasteiger partial charge in [0.2, 0.25) is 10.0 Å². The van der Waals surface area contributed by atoms with Gasteiger partial charge in [-0.15, -0.1) is 39.5 Å². The van der Waals surface area contributed by atoms with E-state index in [4.69, 9.17) is 10.9 Å². The molecule has 11 rings (SSSR count). The number of hydrogen-bond donors (Lipinski definition) is 4. The summed E-state index contributed by atoms with van der Waals surface area (Å²) in [5.74, 6) is -1.14. The lowest BCUT2D eigenvalue weighted by atomic mass is 9.96. The maximum Gasteiger partial charge on any atom is 0.573 e. The molecule has 30 heteroatoms. The first-order chi connectivity index (χ1) is 54.1. The number of sulfonamides is 1. The van der Waals surface area contributed by atoms with Crippen LogP contribution in [0.25, 0.3) is 33.4 Å². The van der Waals surface area contributed by atoms with Gasteiger partial charge < -0.3 is 30.6 Å². The van der Waals surface area contributed by atoms with Gasteiger partial charge in [0.05, 0.1) is 26.2 Å². The second-order valence-corrected chi connectivity index (χ2v) is 34.9. The molecule has 6 N–H and O–H groups in total. The normalized spacial score (nSPS) is 12.1. The molecule has 0 amide bonds. The lowest BCUT2D eigenvalue weighted by Gasteiger charge is -2.19. The average Bonchev–Trinajstić information content (AvgIpc) is 0.793. The van der Waals surface area contributed by atoms with Gasteiger partial charge in [-0.1, -0.05) is 181 Å². The molecule has 0 fully saturated rings. The summed E-state index contributed by atoms with van der Waals surface area (Å²) in [7, 11) is -10.9. The predicted octanol–water partition coefficient (Wildman–Crippen LogP) is 20.1. The summed E-state index contributed by atoms with van der Waals surface area (Å²) < 4.78 is 204. The Labute approximate surface area is 666 Å². The number of aryl methyl sites for hydroxylation is 3. The van der Waals surface area contributed by atoms with Crippen LogP contribution in [0.4, 0.5) is 68.2 Å². The zero-order valence-electron chi connectivity index (χ0n) is 64.0. The van der Waals surface area contributed by atoms with Crippen molar-refractivity contribution in [3.63, 3.8) is 0 Å². The van der Waals surface area contributed by atoms with Crippen LogP contribution in [0.2, 0.25) is 0 Å². The van der Waals surface area contributed by atoms with Gasteiger partial charge >= 0.3 is 19.1 Å². The Morgan fingerprint density at radius 2 is 0.672 bits per heavy atom. The highest BCUT2D eigenvalue weighted by atomic mass is 32.2. The van der Waals surface area contributed by atoms with Crippen LogP contribution in [0, 0.1) is 31.6 Å². The van der Waals surface area contributed by atoms with E-state index in [9.17, 15) is 79.2 Å². The van der Waals surface area contributed by atoms with Crippen LogP contribution in [0.5, 0.6) is 17.2 Å². The number of hydrogen-bond acceptors (Lipinski definition) is 17. The zero-order chi connectivity index (χ0) is 85.1. The van der Waals surface area contributed by atoms with E-state index < -0.39 is 71.1 Å². The van der Waals surface area contributed by atoms with E-state index >= 15 is 0 Å². The third kappa shape index (κ3) is 25.1. The van der Waals surface area contributed by atoms with Crippen molar-refractivity contribution in [1.82, 2.24) is 9.97 Å². The van der Waals surface area contributed by atoms with E-state index in [0.29, 0.717) is 78.6 Å². The minimum Gasteiger partial charge on any atom is -0.405 e. The van der Waals surface area contributed by atoms with Crippen molar-refractivity contribution >= 4 is 75.7 Å². The molecule has 2 heterocycles. The van der Waals surface area contributed by atoms with Gasteiger partial charge in [0, 0.05) is 98.8 Å². The van der Waals surface area contributed by atoms with E-state index in [2.05, 4.69) is 34.8 Å². The molecular weight excluding hydrogens is 1580 g/mol. The molecule has 0 atom stereocenters. The van der Waals surface area contributed by atoms with Crippen LogP contribution in [0.15, 0.2) is 245 Å². The second kappa shape index (κ2) is 36.0. The number of rotatable bonds is 24. The number of ketones is 3.